The number of nitrogens with zero attached hydrogens (tertiary/aromatic N) is 1. The van der Waals surface area contributed by atoms with Gasteiger partial charge in [0.15, 0.2) is 14.9 Å². The fourth-order valence-electron chi connectivity index (χ4n) is 1.73. The molecule has 0 spiro atoms. The van der Waals surface area contributed by atoms with Crippen molar-refractivity contribution in [3.05, 3.63) is 48.2 Å². The highest BCUT2D eigenvalue weighted by Crippen LogP contribution is 2.19. The summed E-state index contributed by atoms with van der Waals surface area (Å²) in [5, 5.41) is -0.110. The standard InChI is InChI=1S/C13H14N2O4S2/c1-10-5-3-4-6-12(10)21(18,19)15-11-7-8-13(14-9-11)20(2,16)17/h3-9,15H,1-2H3. The van der Waals surface area contributed by atoms with Gasteiger partial charge >= 0.3 is 0 Å². The van der Waals surface area contributed by atoms with Crippen LogP contribution in [0.3, 0.4) is 0 Å². The van der Waals surface area contributed by atoms with Crippen molar-refractivity contribution in [2.24, 2.45) is 0 Å². The lowest BCUT2D eigenvalue weighted by Crippen LogP contribution is -2.14. The van der Waals surface area contributed by atoms with Gasteiger partial charge in [-0.2, -0.15) is 0 Å². The summed E-state index contributed by atoms with van der Waals surface area (Å²) in [5.74, 6) is 0. The maximum Gasteiger partial charge on any atom is 0.262 e. The molecule has 0 atom stereocenters. The Morgan fingerprint density at radius 1 is 1.00 bits per heavy atom. The third-order valence-corrected chi connectivity index (χ3v) is 5.29. The highest BCUT2D eigenvalue weighted by atomic mass is 32.2. The van der Waals surface area contributed by atoms with Gasteiger partial charge < -0.3 is 0 Å². The molecule has 2 rings (SSSR count). The van der Waals surface area contributed by atoms with E-state index in [0.29, 0.717) is 5.56 Å². The van der Waals surface area contributed by atoms with E-state index in [1.165, 1.54) is 24.4 Å². The fourth-order valence-corrected chi connectivity index (χ4v) is 3.58. The summed E-state index contributed by atoms with van der Waals surface area (Å²) >= 11 is 0. The minimum absolute atomic E-state index is 0.110. The molecule has 112 valence electrons. The molecule has 8 heteroatoms. The summed E-state index contributed by atoms with van der Waals surface area (Å²) in [6.07, 6.45) is 2.21. The van der Waals surface area contributed by atoms with Crippen molar-refractivity contribution in [3.63, 3.8) is 0 Å². The zero-order valence-corrected chi connectivity index (χ0v) is 13.1. The number of nitrogens with one attached hydrogen (secondary N) is 1. The molecule has 0 radical (unpaired) electrons. The Morgan fingerprint density at radius 2 is 1.67 bits per heavy atom. The number of aromatic nitrogens is 1. The van der Waals surface area contributed by atoms with Gasteiger partial charge in [0, 0.05) is 6.26 Å². The molecule has 0 unspecified atom stereocenters. The number of aryl methyl sites for hydroxylation is 1. The van der Waals surface area contributed by atoms with Crippen molar-refractivity contribution in [1.29, 1.82) is 0 Å². The molecular weight excluding hydrogens is 312 g/mol. The highest BCUT2D eigenvalue weighted by Gasteiger charge is 2.17. The van der Waals surface area contributed by atoms with Crippen molar-refractivity contribution in [1.82, 2.24) is 4.98 Å². The average molecular weight is 326 g/mol. The normalized spacial score (nSPS) is 12.1. The van der Waals surface area contributed by atoms with Crippen molar-refractivity contribution in [2.75, 3.05) is 11.0 Å². The van der Waals surface area contributed by atoms with Crippen molar-refractivity contribution >= 4 is 25.5 Å². The number of pyridine rings is 1. The van der Waals surface area contributed by atoms with Crippen LogP contribution in [-0.4, -0.2) is 28.1 Å². The first kappa shape index (κ1) is 15.5. The Hall–Kier alpha value is -1.93. The summed E-state index contributed by atoms with van der Waals surface area (Å²) in [6, 6.07) is 9.18. The van der Waals surface area contributed by atoms with Crippen LogP contribution >= 0.6 is 0 Å². The van der Waals surface area contributed by atoms with Crippen molar-refractivity contribution < 1.29 is 16.8 Å². The lowest BCUT2D eigenvalue weighted by molar-refractivity contribution is 0.598. The summed E-state index contributed by atoms with van der Waals surface area (Å²) < 4.78 is 49.5. The zero-order chi connectivity index (χ0) is 15.7. The molecule has 1 aromatic heterocycles. The molecule has 0 amide bonds. The van der Waals surface area contributed by atoms with Gasteiger partial charge in [-0.15, -0.1) is 0 Å². The second-order valence-electron chi connectivity index (χ2n) is 4.53. The number of hydrogen-bond donors (Lipinski definition) is 1. The smallest absolute Gasteiger partial charge is 0.262 e. The van der Waals surface area contributed by atoms with Crippen LogP contribution in [0.2, 0.25) is 0 Å². The number of sulfone groups is 1. The Bertz CT molecular complexity index is 857. The number of sulfonamides is 1. The second kappa shape index (κ2) is 5.45. The van der Waals surface area contributed by atoms with Gasteiger partial charge in [0.25, 0.3) is 10.0 Å². The van der Waals surface area contributed by atoms with Crippen LogP contribution < -0.4 is 4.72 Å². The third-order valence-electron chi connectivity index (χ3n) is 2.75. The zero-order valence-electron chi connectivity index (χ0n) is 11.4. The second-order valence-corrected chi connectivity index (χ2v) is 8.14. The van der Waals surface area contributed by atoms with Gasteiger partial charge in [-0.3, -0.25) is 4.72 Å². The van der Waals surface area contributed by atoms with E-state index in [0.717, 1.165) is 6.26 Å². The van der Waals surface area contributed by atoms with Gasteiger partial charge in [0.1, 0.15) is 0 Å². The largest absolute Gasteiger partial charge is 0.278 e. The predicted molar refractivity (Wildman–Crippen MR) is 79.3 cm³/mol. The number of rotatable bonds is 4. The molecule has 0 aliphatic rings. The third kappa shape index (κ3) is 3.59. The van der Waals surface area contributed by atoms with Crippen LogP contribution in [0.4, 0.5) is 5.69 Å². The maximum absolute atomic E-state index is 12.2. The van der Waals surface area contributed by atoms with E-state index < -0.39 is 19.9 Å². The van der Waals surface area contributed by atoms with E-state index in [1.54, 1.807) is 25.1 Å². The van der Waals surface area contributed by atoms with Crippen LogP contribution in [0.25, 0.3) is 0 Å². The van der Waals surface area contributed by atoms with Gasteiger partial charge in [-0.05, 0) is 30.7 Å². The topological polar surface area (TPSA) is 93.2 Å². The van der Waals surface area contributed by atoms with Crippen LogP contribution in [-0.2, 0) is 19.9 Å². The molecule has 1 N–H and O–H groups in total. The first-order chi connectivity index (χ1) is 9.70. The molecule has 0 bridgehead atoms. The molecule has 0 saturated carbocycles. The molecule has 0 fully saturated rings. The van der Waals surface area contributed by atoms with Crippen molar-refractivity contribution in [2.45, 2.75) is 16.8 Å². The van der Waals surface area contributed by atoms with Crippen LogP contribution in [0.5, 0.6) is 0 Å². The van der Waals surface area contributed by atoms with Crippen molar-refractivity contribution in [3.8, 4) is 0 Å². The minimum Gasteiger partial charge on any atom is -0.278 e. The van der Waals surface area contributed by atoms with E-state index in [1.807, 2.05) is 0 Å². The highest BCUT2D eigenvalue weighted by molar-refractivity contribution is 7.92. The van der Waals surface area contributed by atoms with E-state index in [9.17, 15) is 16.8 Å². The molecule has 1 heterocycles. The summed E-state index contributed by atoms with van der Waals surface area (Å²) in [4.78, 5) is 3.90. The minimum atomic E-state index is -3.73. The van der Waals surface area contributed by atoms with Gasteiger partial charge in [0.05, 0.1) is 16.8 Å². The van der Waals surface area contributed by atoms with Gasteiger partial charge in [0.2, 0.25) is 0 Å². The molecule has 21 heavy (non-hydrogen) atoms. The van der Waals surface area contributed by atoms with Crippen LogP contribution in [0.1, 0.15) is 5.56 Å². The fraction of sp³-hybridized carbons (Fsp3) is 0.154. The molecule has 0 aliphatic heterocycles. The molecule has 0 aliphatic carbocycles. The Balaban J connectivity index is 2.32. The quantitative estimate of drug-likeness (QED) is 0.921. The van der Waals surface area contributed by atoms with Crippen LogP contribution in [0, 0.1) is 6.92 Å². The SMILES string of the molecule is Cc1ccccc1S(=O)(=O)Nc1ccc(S(C)(=O)=O)nc1. The van der Waals surface area contributed by atoms with Gasteiger partial charge in [-0.1, -0.05) is 18.2 Å². The lowest BCUT2D eigenvalue weighted by Gasteiger charge is -2.10. The molecule has 0 saturated heterocycles. The first-order valence-electron chi connectivity index (χ1n) is 5.95. The van der Waals surface area contributed by atoms with E-state index >= 15 is 0 Å². The van der Waals surface area contributed by atoms with Gasteiger partial charge in [-0.25, -0.2) is 21.8 Å². The number of anilines is 1. The number of hydrogen-bond acceptors (Lipinski definition) is 5. The first-order valence-corrected chi connectivity index (χ1v) is 9.32. The summed E-state index contributed by atoms with van der Waals surface area (Å²) in [5.41, 5.74) is 0.816. The molecule has 6 nitrogen and oxygen atoms in total. The van der Waals surface area contributed by atoms with E-state index in [2.05, 4.69) is 9.71 Å². The summed E-state index contributed by atoms with van der Waals surface area (Å²) in [7, 11) is -7.14. The van der Waals surface area contributed by atoms with Crippen LogP contribution in [0.15, 0.2) is 52.5 Å². The Morgan fingerprint density at radius 3 is 2.19 bits per heavy atom. The Labute approximate surface area is 123 Å². The van der Waals surface area contributed by atoms with E-state index in [4.69, 9.17) is 0 Å². The Kier molecular flexibility index (Phi) is 4.02. The molecular formula is C13H14N2O4S2. The summed E-state index contributed by atoms with van der Waals surface area (Å²) in [6.45, 7) is 1.69. The van der Waals surface area contributed by atoms with E-state index in [-0.39, 0.29) is 15.6 Å². The molecule has 1 aromatic carbocycles. The predicted octanol–water partition coefficient (Wildman–Crippen LogP) is 1.59. The average Bonchev–Trinajstić information content (AvgIpc) is 2.38. The maximum atomic E-state index is 12.2. The lowest BCUT2D eigenvalue weighted by atomic mass is 10.2. The molecule has 2 aromatic rings. The number of benzene rings is 1. The monoisotopic (exact) mass is 326 g/mol.